The molecule has 124 valence electrons. The first kappa shape index (κ1) is 18.5. The number of aromatic carboxylic acids is 1. The molecule has 4 nitrogen and oxygen atoms in total. The van der Waals surface area contributed by atoms with E-state index in [2.05, 4.69) is 13.8 Å². The Kier molecular flexibility index (Phi) is 8.60. The molecule has 0 fully saturated rings. The van der Waals surface area contributed by atoms with Gasteiger partial charge in [0, 0.05) is 6.42 Å². The van der Waals surface area contributed by atoms with Crippen LogP contribution in [0.2, 0.25) is 0 Å². The summed E-state index contributed by atoms with van der Waals surface area (Å²) >= 11 is 0. The lowest BCUT2D eigenvalue weighted by Gasteiger charge is -2.22. The molecule has 2 unspecified atom stereocenters. The van der Waals surface area contributed by atoms with Crippen LogP contribution in [-0.4, -0.2) is 24.0 Å². The van der Waals surface area contributed by atoms with E-state index in [9.17, 15) is 9.90 Å². The number of ether oxygens (including phenoxy) is 2. The van der Waals surface area contributed by atoms with Gasteiger partial charge in [-0.25, -0.2) is 4.79 Å². The molecule has 0 amide bonds. The van der Waals surface area contributed by atoms with Crippen LogP contribution in [0.1, 0.15) is 63.2 Å². The average molecular weight is 308 g/mol. The summed E-state index contributed by atoms with van der Waals surface area (Å²) in [7, 11) is 0. The van der Waals surface area contributed by atoms with Gasteiger partial charge in [0.25, 0.3) is 0 Å². The number of para-hydroxylation sites is 1. The van der Waals surface area contributed by atoms with Crippen LogP contribution in [0.4, 0.5) is 0 Å². The van der Waals surface area contributed by atoms with E-state index in [0.717, 1.165) is 12.8 Å². The Bertz CT molecular complexity index is 444. The first-order chi connectivity index (χ1) is 10.6. The number of hydrogen-bond donors (Lipinski definition) is 1. The molecule has 0 aliphatic heterocycles. The number of rotatable bonds is 11. The molecule has 22 heavy (non-hydrogen) atoms. The lowest BCUT2D eigenvalue weighted by Crippen LogP contribution is -2.24. The highest BCUT2D eigenvalue weighted by atomic mass is 16.7. The zero-order chi connectivity index (χ0) is 16.4. The minimum atomic E-state index is -0.986. The number of hydrogen-bond acceptors (Lipinski definition) is 3. The van der Waals surface area contributed by atoms with Crippen molar-refractivity contribution in [3.8, 4) is 5.75 Å². The summed E-state index contributed by atoms with van der Waals surface area (Å²) in [5, 5.41) is 9.18. The summed E-state index contributed by atoms with van der Waals surface area (Å²) in [5.41, 5.74) is 0.169. The highest BCUT2D eigenvalue weighted by Crippen LogP contribution is 2.21. The predicted molar refractivity (Wildman–Crippen MR) is 87.4 cm³/mol. The van der Waals surface area contributed by atoms with Gasteiger partial charge in [-0.1, -0.05) is 52.2 Å². The third-order valence-electron chi connectivity index (χ3n) is 3.77. The topological polar surface area (TPSA) is 55.8 Å². The van der Waals surface area contributed by atoms with E-state index in [4.69, 9.17) is 9.47 Å². The fraction of sp³-hybridized carbons (Fsp3) is 0.611. The molecular weight excluding hydrogens is 280 g/mol. The lowest BCUT2D eigenvalue weighted by molar-refractivity contribution is -0.0942. The summed E-state index contributed by atoms with van der Waals surface area (Å²) in [6.07, 6.45) is 4.92. The Morgan fingerprint density at radius 2 is 1.91 bits per heavy atom. The first-order valence-corrected chi connectivity index (χ1v) is 8.22. The van der Waals surface area contributed by atoms with E-state index < -0.39 is 12.3 Å². The number of carboxylic acid groups (broad SMARTS) is 1. The van der Waals surface area contributed by atoms with Crippen LogP contribution >= 0.6 is 0 Å². The number of benzene rings is 1. The molecule has 0 heterocycles. The van der Waals surface area contributed by atoms with Crippen molar-refractivity contribution in [3.05, 3.63) is 29.8 Å². The maximum Gasteiger partial charge on any atom is 0.339 e. The number of unbranched alkanes of at least 4 members (excludes halogenated alkanes) is 1. The van der Waals surface area contributed by atoms with Crippen LogP contribution in [0.3, 0.4) is 0 Å². The molecule has 1 aromatic rings. The molecule has 0 saturated heterocycles. The van der Waals surface area contributed by atoms with Crippen molar-refractivity contribution in [2.24, 2.45) is 5.92 Å². The Hall–Kier alpha value is -1.55. The summed E-state index contributed by atoms with van der Waals surface area (Å²) in [4.78, 5) is 11.2. The number of carbonyl (C=O) groups is 1. The zero-order valence-corrected chi connectivity index (χ0v) is 13.9. The maximum absolute atomic E-state index is 11.2. The van der Waals surface area contributed by atoms with Gasteiger partial charge in [0.15, 0.2) is 6.29 Å². The quantitative estimate of drug-likeness (QED) is 0.600. The molecule has 0 radical (unpaired) electrons. The van der Waals surface area contributed by atoms with Crippen LogP contribution in [0.25, 0.3) is 0 Å². The summed E-state index contributed by atoms with van der Waals surface area (Å²) in [5.74, 6) is -0.0874. The van der Waals surface area contributed by atoms with Gasteiger partial charge in [0.1, 0.15) is 11.3 Å². The highest BCUT2D eigenvalue weighted by molar-refractivity contribution is 5.90. The Balaban J connectivity index is 2.60. The molecule has 0 aliphatic carbocycles. The highest BCUT2D eigenvalue weighted by Gasteiger charge is 2.16. The van der Waals surface area contributed by atoms with Crippen molar-refractivity contribution in [3.63, 3.8) is 0 Å². The molecular formula is C18H28O4. The molecule has 2 atom stereocenters. The van der Waals surface area contributed by atoms with Gasteiger partial charge in [-0.2, -0.15) is 0 Å². The molecule has 0 aliphatic rings. The molecule has 1 N–H and O–H groups in total. The predicted octanol–water partition coefficient (Wildman–Crippen LogP) is 4.73. The minimum absolute atomic E-state index is 0.169. The zero-order valence-electron chi connectivity index (χ0n) is 13.9. The van der Waals surface area contributed by atoms with Crippen LogP contribution < -0.4 is 4.74 Å². The molecule has 0 bridgehead atoms. The summed E-state index contributed by atoms with van der Waals surface area (Å²) in [6, 6.07) is 6.67. The third kappa shape index (κ3) is 6.06. The van der Waals surface area contributed by atoms with E-state index in [0.29, 0.717) is 24.7 Å². The Labute approximate surface area is 133 Å². The van der Waals surface area contributed by atoms with Gasteiger partial charge in [-0.15, -0.1) is 0 Å². The monoisotopic (exact) mass is 308 g/mol. The molecule has 0 spiro atoms. The van der Waals surface area contributed by atoms with Gasteiger partial charge < -0.3 is 14.6 Å². The standard InChI is InChI=1S/C18H28O4/c1-4-7-10-14(5-2)13-21-17(6-3)22-16-12-9-8-11-15(16)18(19)20/h8-9,11-12,14,17H,4-7,10,13H2,1-3H3,(H,19,20). The Morgan fingerprint density at radius 3 is 2.50 bits per heavy atom. The van der Waals surface area contributed by atoms with Crippen molar-refractivity contribution in [1.82, 2.24) is 0 Å². The largest absolute Gasteiger partial charge is 0.478 e. The van der Waals surface area contributed by atoms with Crippen LogP contribution in [-0.2, 0) is 4.74 Å². The third-order valence-corrected chi connectivity index (χ3v) is 3.77. The molecule has 0 aromatic heterocycles. The first-order valence-electron chi connectivity index (χ1n) is 8.22. The molecule has 0 saturated carbocycles. The smallest absolute Gasteiger partial charge is 0.339 e. The summed E-state index contributed by atoms with van der Waals surface area (Å²) < 4.78 is 11.6. The number of carboxylic acids is 1. The van der Waals surface area contributed by atoms with E-state index in [-0.39, 0.29) is 5.56 Å². The van der Waals surface area contributed by atoms with Gasteiger partial charge >= 0.3 is 5.97 Å². The van der Waals surface area contributed by atoms with Crippen LogP contribution in [0.5, 0.6) is 5.75 Å². The van der Waals surface area contributed by atoms with Crippen molar-refractivity contribution >= 4 is 5.97 Å². The van der Waals surface area contributed by atoms with Gasteiger partial charge in [0.2, 0.25) is 0 Å². The van der Waals surface area contributed by atoms with Crippen LogP contribution in [0.15, 0.2) is 24.3 Å². The van der Waals surface area contributed by atoms with E-state index >= 15 is 0 Å². The fourth-order valence-corrected chi connectivity index (χ4v) is 2.26. The lowest BCUT2D eigenvalue weighted by atomic mass is 10.0. The second-order valence-electron chi connectivity index (χ2n) is 5.51. The fourth-order valence-electron chi connectivity index (χ4n) is 2.26. The normalized spacial score (nSPS) is 13.6. The van der Waals surface area contributed by atoms with E-state index in [1.165, 1.54) is 12.8 Å². The van der Waals surface area contributed by atoms with Crippen molar-refractivity contribution in [2.75, 3.05) is 6.61 Å². The molecule has 1 rings (SSSR count). The van der Waals surface area contributed by atoms with E-state index in [1.54, 1.807) is 24.3 Å². The SMILES string of the molecule is CCCCC(CC)COC(CC)Oc1ccccc1C(=O)O. The maximum atomic E-state index is 11.2. The van der Waals surface area contributed by atoms with Crippen molar-refractivity contribution in [1.29, 1.82) is 0 Å². The van der Waals surface area contributed by atoms with Crippen molar-refractivity contribution < 1.29 is 19.4 Å². The second-order valence-corrected chi connectivity index (χ2v) is 5.51. The van der Waals surface area contributed by atoms with Gasteiger partial charge in [-0.05, 0) is 24.5 Å². The van der Waals surface area contributed by atoms with Crippen LogP contribution in [0, 0.1) is 5.92 Å². The van der Waals surface area contributed by atoms with E-state index in [1.807, 2.05) is 6.92 Å². The second kappa shape index (κ2) is 10.2. The Morgan fingerprint density at radius 1 is 1.18 bits per heavy atom. The summed E-state index contributed by atoms with van der Waals surface area (Å²) in [6.45, 7) is 6.99. The molecule has 4 heteroatoms. The average Bonchev–Trinajstić information content (AvgIpc) is 2.54. The minimum Gasteiger partial charge on any atom is -0.478 e. The van der Waals surface area contributed by atoms with Gasteiger partial charge in [-0.3, -0.25) is 0 Å². The van der Waals surface area contributed by atoms with Crippen molar-refractivity contribution in [2.45, 2.75) is 59.2 Å². The molecule has 1 aromatic carbocycles. The van der Waals surface area contributed by atoms with Gasteiger partial charge in [0.05, 0.1) is 6.61 Å².